The summed E-state index contributed by atoms with van der Waals surface area (Å²) < 4.78 is 48.1. The summed E-state index contributed by atoms with van der Waals surface area (Å²) in [6.07, 6.45) is -4.53. The van der Waals surface area contributed by atoms with Crippen molar-refractivity contribution in [3.8, 4) is 5.75 Å². The summed E-state index contributed by atoms with van der Waals surface area (Å²) >= 11 is 0. The zero-order valence-electron chi connectivity index (χ0n) is 8.62. The van der Waals surface area contributed by atoms with E-state index in [0.29, 0.717) is 0 Å². The minimum atomic E-state index is -4.53. The van der Waals surface area contributed by atoms with E-state index in [1.807, 2.05) is 0 Å². The molecule has 0 saturated carbocycles. The molecule has 1 heterocycles. The first kappa shape index (κ1) is 11.3. The van der Waals surface area contributed by atoms with Crippen LogP contribution in [0, 0.1) is 5.92 Å². The molecule has 16 heavy (non-hydrogen) atoms. The van der Waals surface area contributed by atoms with Crippen molar-refractivity contribution in [1.29, 1.82) is 0 Å². The van der Waals surface area contributed by atoms with Crippen molar-refractivity contribution in [2.45, 2.75) is 18.9 Å². The lowest BCUT2D eigenvalue weighted by Crippen LogP contribution is -2.65. The lowest BCUT2D eigenvalue weighted by atomic mass is 9.95. The van der Waals surface area contributed by atoms with E-state index in [1.165, 1.54) is 19.1 Å². The fourth-order valence-corrected chi connectivity index (χ4v) is 1.61. The third-order valence-electron chi connectivity index (χ3n) is 2.60. The minimum Gasteiger partial charge on any atom is -0.453 e. The number of alkyl halides is 3. The van der Waals surface area contributed by atoms with E-state index in [0.717, 1.165) is 0 Å². The molecule has 0 amide bonds. The summed E-state index contributed by atoms with van der Waals surface area (Å²) in [5.41, 5.74) is 0. The SMILES string of the molecule is CC1COC1(Oc1ccccc1)C(F)(F)F. The number of benzene rings is 1. The zero-order chi connectivity index (χ0) is 11.8. The maximum Gasteiger partial charge on any atom is 0.455 e. The first-order valence-corrected chi connectivity index (χ1v) is 4.90. The number of hydrogen-bond acceptors (Lipinski definition) is 2. The lowest BCUT2D eigenvalue weighted by molar-refractivity contribution is -0.425. The summed E-state index contributed by atoms with van der Waals surface area (Å²) in [6, 6.07) is 7.88. The Labute approximate surface area is 91.0 Å². The highest BCUT2D eigenvalue weighted by molar-refractivity contribution is 5.22. The third kappa shape index (κ3) is 1.65. The van der Waals surface area contributed by atoms with Crippen LogP contribution in [0.2, 0.25) is 0 Å². The molecule has 5 heteroatoms. The average Bonchev–Trinajstić information content (AvgIpc) is 2.23. The Balaban J connectivity index is 2.23. The van der Waals surface area contributed by atoms with Crippen LogP contribution in [0.5, 0.6) is 5.75 Å². The molecule has 2 rings (SSSR count). The highest BCUT2D eigenvalue weighted by atomic mass is 19.4. The number of rotatable bonds is 2. The van der Waals surface area contributed by atoms with Crippen LogP contribution in [0.3, 0.4) is 0 Å². The summed E-state index contributed by atoms with van der Waals surface area (Å²) in [6.45, 7) is 1.52. The Kier molecular flexibility index (Phi) is 2.58. The standard InChI is InChI=1S/C11H11F3O2/c1-8-7-15-10(8,11(12,13)14)16-9-5-3-2-4-6-9/h2-6,8H,7H2,1H3. The Bertz CT molecular complexity index is 363. The summed E-state index contributed by atoms with van der Waals surface area (Å²) in [5, 5.41) is 0. The number of halogens is 3. The quantitative estimate of drug-likeness (QED) is 0.780. The van der Waals surface area contributed by atoms with Crippen molar-refractivity contribution in [1.82, 2.24) is 0 Å². The molecule has 88 valence electrons. The molecule has 1 fully saturated rings. The Morgan fingerprint density at radius 3 is 2.31 bits per heavy atom. The van der Waals surface area contributed by atoms with Gasteiger partial charge in [-0.25, -0.2) is 0 Å². The van der Waals surface area contributed by atoms with Crippen LogP contribution in [0.15, 0.2) is 30.3 Å². The summed E-state index contributed by atoms with van der Waals surface area (Å²) in [7, 11) is 0. The fourth-order valence-electron chi connectivity index (χ4n) is 1.61. The number of para-hydroxylation sites is 1. The van der Waals surface area contributed by atoms with E-state index in [1.54, 1.807) is 18.2 Å². The number of hydrogen-bond donors (Lipinski definition) is 0. The molecule has 1 aliphatic rings. The van der Waals surface area contributed by atoms with Gasteiger partial charge >= 0.3 is 12.0 Å². The van der Waals surface area contributed by atoms with Crippen molar-refractivity contribution >= 4 is 0 Å². The second-order valence-electron chi connectivity index (χ2n) is 3.79. The lowest BCUT2D eigenvalue weighted by Gasteiger charge is -2.47. The molecule has 1 aliphatic heterocycles. The fraction of sp³-hybridized carbons (Fsp3) is 0.455. The Hall–Kier alpha value is -1.23. The van der Waals surface area contributed by atoms with Gasteiger partial charge in [0.15, 0.2) is 0 Å². The third-order valence-corrected chi connectivity index (χ3v) is 2.60. The van der Waals surface area contributed by atoms with Crippen LogP contribution >= 0.6 is 0 Å². The monoisotopic (exact) mass is 232 g/mol. The van der Waals surface area contributed by atoms with E-state index in [4.69, 9.17) is 4.74 Å². The summed E-state index contributed by atoms with van der Waals surface area (Å²) in [4.78, 5) is 0. The van der Waals surface area contributed by atoms with E-state index in [2.05, 4.69) is 4.74 Å². The minimum absolute atomic E-state index is 0.0618. The van der Waals surface area contributed by atoms with E-state index >= 15 is 0 Å². The molecule has 0 aromatic heterocycles. The van der Waals surface area contributed by atoms with Gasteiger partial charge in [0.1, 0.15) is 5.75 Å². The molecule has 1 aromatic rings. The van der Waals surface area contributed by atoms with Gasteiger partial charge in [-0.15, -0.1) is 0 Å². The predicted octanol–water partition coefficient (Wildman–Crippen LogP) is 2.99. The van der Waals surface area contributed by atoms with E-state index < -0.39 is 17.9 Å². The van der Waals surface area contributed by atoms with Gasteiger partial charge in [-0.1, -0.05) is 25.1 Å². The molecule has 2 unspecified atom stereocenters. The first-order chi connectivity index (χ1) is 7.46. The van der Waals surface area contributed by atoms with Crippen molar-refractivity contribution in [2.24, 2.45) is 5.92 Å². The normalized spacial score (nSPS) is 29.6. The van der Waals surface area contributed by atoms with Gasteiger partial charge in [0.05, 0.1) is 12.5 Å². The van der Waals surface area contributed by atoms with Gasteiger partial charge < -0.3 is 9.47 Å². The maximum absolute atomic E-state index is 12.8. The van der Waals surface area contributed by atoms with Crippen LogP contribution in [0.4, 0.5) is 13.2 Å². The van der Waals surface area contributed by atoms with Crippen LogP contribution in [0.1, 0.15) is 6.92 Å². The van der Waals surface area contributed by atoms with Crippen LogP contribution < -0.4 is 4.74 Å². The van der Waals surface area contributed by atoms with Gasteiger partial charge in [-0.3, -0.25) is 0 Å². The smallest absolute Gasteiger partial charge is 0.453 e. The van der Waals surface area contributed by atoms with Crippen molar-refractivity contribution < 1.29 is 22.6 Å². The van der Waals surface area contributed by atoms with Crippen LogP contribution in [0.25, 0.3) is 0 Å². The van der Waals surface area contributed by atoms with Gasteiger partial charge in [-0.05, 0) is 12.1 Å². The van der Waals surface area contributed by atoms with Gasteiger partial charge in [-0.2, -0.15) is 13.2 Å². The molecule has 0 aliphatic carbocycles. The highest BCUT2D eigenvalue weighted by Gasteiger charge is 2.67. The van der Waals surface area contributed by atoms with E-state index in [9.17, 15) is 13.2 Å². The molecule has 0 bridgehead atoms. The second kappa shape index (κ2) is 3.66. The van der Waals surface area contributed by atoms with Gasteiger partial charge in [0.25, 0.3) is 0 Å². The number of ether oxygens (including phenoxy) is 2. The topological polar surface area (TPSA) is 18.5 Å². The van der Waals surface area contributed by atoms with Crippen molar-refractivity contribution in [2.75, 3.05) is 6.61 Å². The van der Waals surface area contributed by atoms with Crippen LogP contribution in [-0.4, -0.2) is 18.6 Å². The van der Waals surface area contributed by atoms with Crippen molar-refractivity contribution in [3.63, 3.8) is 0 Å². The predicted molar refractivity (Wildman–Crippen MR) is 51.0 cm³/mol. The molecule has 0 N–H and O–H groups in total. The van der Waals surface area contributed by atoms with Gasteiger partial charge in [0, 0.05) is 0 Å². The largest absolute Gasteiger partial charge is 0.455 e. The molecule has 0 radical (unpaired) electrons. The molecule has 1 saturated heterocycles. The molecular formula is C11H11F3O2. The zero-order valence-corrected chi connectivity index (χ0v) is 8.62. The Morgan fingerprint density at radius 2 is 1.94 bits per heavy atom. The maximum atomic E-state index is 12.8. The first-order valence-electron chi connectivity index (χ1n) is 4.90. The summed E-state index contributed by atoms with van der Waals surface area (Å²) in [5.74, 6) is -3.02. The molecular weight excluding hydrogens is 221 g/mol. The molecule has 2 nitrogen and oxygen atoms in total. The Morgan fingerprint density at radius 1 is 1.31 bits per heavy atom. The van der Waals surface area contributed by atoms with E-state index in [-0.39, 0.29) is 12.4 Å². The average molecular weight is 232 g/mol. The molecule has 1 aromatic carbocycles. The van der Waals surface area contributed by atoms with Crippen molar-refractivity contribution in [3.05, 3.63) is 30.3 Å². The molecule has 0 spiro atoms. The van der Waals surface area contributed by atoms with Gasteiger partial charge in [0.2, 0.25) is 0 Å². The second-order valence-corrected chi connectivity index (χ2v) is 3.79. The highest BCUT2D eigenvalue weighted by Crippen LogP contribution is 2.47. The van der Waals surface area contributed by atoms with Crippen LogP contribution in [-0.2, 0) is 4.74 Å². The molecule has 2 atom stereocenters.